The van der Waals surface area contributed by atoms with Crippen LogP contribution in [0, 0.1) is 6.92 Å². The maximum absolute atomic E-state index is 6.56. The quantitative estimate of drug-likeness (QED) is 0.510. The van der Waals surface area contributed by atoms with Crippen molar-refractivity contribution in [1.82, 2.24) is 9.97 Å². The Balaban J connectivity index is 1.46. The van der Waals surface area contributed by atoms with E-state index in [-0.39, 0.29) is 6.04 Å². The van der Waals surface area contributed by atoms with Gasteiger partial charge < -0.3 is 21.1 Å². The first-order valence-corrected chi connectivity index (χ1v) is 10.0. The summed E-state index contributed by atoms with van der Waals surface area (Å²) in [6, 6.07) is 12.3. The molecule has 0 fully saturated rings. The highest BCUT2D eigenvalue weighted by atomic mass is 35.5. The minimum Gasteiger partial charge on any atom is -0.493 e. The molecule has 0 saturated carbocycles. The minimum absolute atomic E-state index is 0.00476. The van der Waals surface area contributed by atoms with Gasteiger partial charge in [0.2, 0.25) is 0 Å². The summed E-state index contributed by atoms with van der Waals surface area (Å²) in [5.74, 6) is 2.15. The Morgan fingerprint density at radius 1 is 1.17 bits per heavy atom. The van der Waals surface area contributed by atoms with Crippen LogP contribution in [0.3, 0.4) is 0 Å². The number of hydrogen-bond acceptors (Lipinski definition) is 6. The molecule has 0 unspecified atom stereocenters. The van der Waals surface area contributed by atoms with Gasteiger partial charge >= 0.3 is 0 Å². The van der Waals surface area contributed by atoms with Gasteiger partial charge in [0.25, 0.3) is 0 Å². The lowest BCUT2D eigenvalue weighted by Crippen LogP contribution is -2.11. The van der Waals surface area contributed by atoms with Crippen molar-refractivity contribution >= 4 is 28.9 Å². The van der Waals surface area contributed by atoms with Crippen LogP contribution < -0.4 is 21.1 Å². The SMILES string of the molecule is Cc1ccc([C@H](C)Nc2ncnc(NCc3ccc4c(c3)CCO4)c2Cl)cc1N. The van der Waals surface area contributed by atoms with Crippen LogP contribution in [0.5, 0.6) is 5.75 Å². The molecule has 150 valence electrons. The number of nitrogens with one attached hydrogen (secondary N) is 2. The van der Waals surface area contributed by atoms with E-state index in [2.05, 4.69) is 38.8 Å². The van der Waals surface area contributed by atoms with E-state index in [4.69, 9.17) is 22.1 Å². The van der Waals surface area contributed by atoms with E-state index in [1.807, 2.05) is 32.0 Å². The van der Waals surface area contributed by atoms with Crippen molar-refractivity contribution in [1.29, 1.82) is 0 Å². The van der Waals surface area contributed by atoms with Crippen molar-refractivity contribution in [2.45, 2.75) is 32.9 Å². The maximum atomic E-state index is 6.56. The number of halogens is 1. The predicted octanol–water partition coefficient (Wildman–Crippen LogP) is 4.74. The highest BCUT2D eigenvalue weighted by Crippen LogP contribution is 2.31. The maximum Gasteiger partial charge on any atom is 0.150 e. The Labute approximate surface area is 175 Å². The first kappa shape index (κ1) is 19.3. The third-order valence-corrected chi connectivity index (χ3v) is 5.52. The molecule has 2 heterocycles. The van der Waals surface area contributed by atoms with Crippen LogP contribution >= 0.6 is 11.6 Å². The predicted molar refractivity (Wildman–Crippen MR) is 118 cm³/mol. The molecule has 1 aromatic heterocycles. The van der Waals surface area contributed by atoms with Crippen molar-refractivity contribution in [2.75, 3.05) is 23.0 Å². The minimum atomic E-state index is -0.00476. The van der Waals surface area contributed by atoms with Crippen LogP contribution in [0.2, 0.25) is 5.02 Å². The molecule has 1 aliphatic heterocycles. The zero-order valence-corrected chi connectivity index (χ0v) is 17.3. The molecule has 6 nitrogen and oxygen atoms in total. The third kappa shape index (κ3) is 4.22. The second kappa shape index (κ2) is 8.17. The molecule has 0 radical (unpaired) electrons. The molecule has 0 bridgehead atoms. The monoisotopic (exact) mass is 409 g/mol. The Hall–Kier alpha value is -2.99. The van der Waals surface area contributed by atoms with Gasteiger partial charge in [-0.2, -0.15) is 0 Å². The topological polar surface area (TPSA) is 85.1 Å². The van der Waals surface area contributed by atoms with E-state index in [1.54, 1.807) is 0 Å². The molecule has 0 amide bonds. The van der Waals surface area contributed by atoms with Gasteiger partial charge in [-0.05, 0) is 48.2 Å². The number of anilines is 3. The van der Waals surface area contributed by atoms with Gasteiger partial charge in [0.1, 0.15) is 17.1 Å². The Kier molecular flexibility index (Phi) is 5.45. The molecule has 0 spiro atoms. The molecular formula is C22H24ClN5O. The van der Waals surface area contributed by atoms with Crippen LogP contribution in [0.1, 0.15) is 35.2 Å². The number of ether oxygens (including phenoxy) is 1. The lowest BCUT2D eigenvalue weighted by Gasteiger charge is -2.18. The van der Waals surface area contributed by atoms with Crippen LogP contribution in [0.25, 0.3) is 0 Å². The normalized spacial score (nSPS) is 13.5. The van der Waals surface area contributed by atoms with Gasteiger partial charge in [-0.15, -0.1) is 0 Å². The molecule has 3 aromatic rings. The number of fused-ring (bicyclic) bond motifs is 1. The number of benzene rings is 2. The lowest BCUT2D eigenvalue weighted by atomic mass is 10.0. The van der Waals surface area contributed by atoms with Crippen LogP contribution in [-0.4, -0.2) is 16.6 Å². The fraction of sp³-hybridized carbons (Fsp3) is 0.273. The molecule has 2 aromatic carbocycles. The second-order valence-corrected chi connectivity index (χ2v) is 7.64. The molecule has 0 saturated heterocycles. The van der Waals surface area contributed by atoms with Crippen molar-refractivity contribution in [3.8, 4) is 5.75 Å². The standard InChI is InChI=1S/C22H24ClN5O/c1-13-3-5-16(10-18(13)24)14(2)28-22-20(23)21(26-12-27-22)25-11-15-4-6-19-17(9-15)7-8-29-19/h3-6,9-10,12,14H,7-8,11,24H2,1-2H3,(H2,25,26,27,28)/t14-/m0/s1. The first-order chi connectivity index (χ1) is 14.0. The summed E-state index contributed by atoms with van der Waals surface area (Å²) in [5.41, 5.74) is 11.3. The van der Waals surface area contributed by atoms with Gasteiger partial charge in [-0.25, -0.2) is 9.97 Å². The average Bonchev–Trinajstić information content (AvgIpc) is 3.18. The lowest BCUT2D eigenvalue weighted by molar-refractivity contribution is 0.357. The van der Waals surface area contributed by atoms with E-state index in [0.717, 1.165) is 41.2 Å². The molecule has 29 heavy (non-hydrogen) atoms. The zero-order chi connectivity index (χ0) is 20.4. The van der Waals surface area contributed by atoms with Crippen LogP contribution in [0.4, 0.5) is 17.3 Å². The van der Waals surface area contributed by atoms with E-state index < -0.39 is 0 Å². The van der Waals surface area contributed by atoms with E-state index >= 15 is 0 Å². The number of nitrogen functional groups attached to an aromatic ring is 1. The number of rotatable bonds is 6. The number of aryl methyl sites for hydroxylation is 1. The fourth-order valence-electron chi connectivity index (χ4n) is 3.35. The van der Waals surface area contributed by atoms with Crippen molar-refractivity contribution in [3.05, 3.63) is 70.0 Å². The zero-order valence-electron chi connectivity index (χ0n) is 16.5. The Bertz CT molecular complexity index is 1040. The molecule has 0 aliphatic carbocycles. The Morgan fingerprint density at radius 3 is 2.83 bits per heavy atom. The average molecular weight is 410 g/mol. The molecular weight excluding hydrogens is 386 g/mol. The van der Waals surface area contributed by atoms with Gasteiger partial charge in [0, 0.05) is 18.7 Å². The summed E-state index contributed by atoms with van der Waals surface area (Å²) < 4.78 is 5.56. The van der Waals surface area contributed by atoms with E-state index in [0.29, 0.717) is 23.2 Å². The molecule has 4 N–H and O–H groups in total. The Morgan fingerprint density at radius 2 is 2.00 bits per heavy atom. The number of aromatic nitrogens is 2. The number of nitrogens with two attached hydrogens (primary N) is 1. The van der Waals surface area contributed by atoms with Crippen LogP contribution in [-0.2, 0) is 13.0 Å². The van der Waals surface area contributed by atoms with Gasteiger partial charge in [0.05, 0.1) is 12.6 Å². The third-order valence-electron chi connectivity index (χ3n) is 5.16. The summed E-state index contributed by atoms with van der Waals surface area (Å²) in [5, 5.41) is 7.12. The van der Waals surface area contributed by atoms with E-state index in [9.17, 15) is 0 Å². The highest BCUT2D eigenvalue weighted by Gasteiger charge is 2.15. The number of nitrogens with zero attached hydrogens (tertiary/aromatic N) is 2. The van der Waals surface area contributed by atoms with Crippen LogP contribution in [0.15, 0.2) is 42.7 Å². The van der Waals surface area contributed by atoms with Crippen molar-refractivity contribution in [3.63, 3.8) is 0 Å². The van der Waals surface area contributed by atoms with E-state index in [1.165, 1.54) is 11.9 Å². The van der Waals surface area contributed by atoms with Gasteiger partial charge in [-0.1, -0.05) is 35.9 Å². The highest BCUT2D eigenvalue weighted by molar-refractivity contribution is 6.35. The first-order valence-electron chi connectivity index (χ1n) is 9.63. The smallest absolute Gasteiger partial charge is 0.150 e. The summed E-state index contributed by atoms with van der Waals surface area (Å²) in [4.78, 5) is 8.60. The summed E-state index contributed by atoms with van der Waals surface area (Å²) in [7, 11) is 0. The summed E-state index contributed by atoms with van der Waals surface area (Å²) >= 11 is 6.56. The van der Waals surface area contributed by atoms with Crippen molar-refractivity contribution in [2.24, 2.45) is 0 Å². The summed E-state index contributed by atoms with van der Waals surface area (Å²) in [6.07, 6.45) is 2.45. The second-order valence-electron chi connectivity index (χ2n) is 7.26. The van der Waals surface area contributed by atoms with Gasteiger partial charge in [0.15, 0.2) is 11.6 Å². The molecule has 1 atom stereocenters. The van der Waals surface area contributed by atoms with Crippen molar-refractivity contribution < 1.29 is 4.74 Å². The summed E-state index contributed by atoms with van der Waals surface area (Å²) in [6.45, 7) is 5.41. The molecule has 4 rings (SSSR count). The molecule has 1 aliphatic rings. The fourth-order valence-corrected chi connectivity index (χ4v) is 3.57. The molecule has 7 heteroatoms. The van der Waals surface area contributed by atoms with Gasteiger partial charge in [-0.3, -0.25) is 0 Å². The number of hydrogen-bond donors (Lipinski definition) is 3. The largest absolute Gasteiger partial charge is 0.493 e.